The van der Waals surface area contributed by atoms with Crippen LogP contribution in [0.1, 0.15) is 11.1 Å². The molecule has 9 nitrogen and oxygen atoms in total. The first kappa shape index (κ1) is 22.5. The van der Waals surface area contributed by atoms with E-state index in [-0.39, 0.29) is 11.7 Å². The number of anilines is 1. The maximum Gasteiger partial charge on any atom is 0.239 e. The first-order chi connectivity index (χ1) is 17.5. The highest BCUT2D eigenvalue weighted by atomic mass is 32.1. The van der Waals surface area contributed by atoms with Crippen molar-refractivity contribution in [2.24, 2.45) is 0 Å². The minimum absolute atomic E-state index is 0.0748. The Morgan fingerprint density at radius 3 is 3.03 bits per heavy atom. The molecule has 0 spiro atoms. The number of nitrogens with zero attached hydrogens (tertiary/aromatic N) is 6. The summed E-state index contributed by atoms with van der Waals surface area (Å²) >= 11 is 1.60. The monoisotopic (exact) mass is 502 g/mol. The molecule has 0 aliphatic carbocycles. The lowest BCUT2D eigenvalue weighted by molar-refractivity contribution is -0.123. The van der Waals surface area contributed by atoms with Gasteiger partial charge in [0.2, 0.25) is 5.91 Å². The van der Waals surface area contributed by atoms with Gasteiger partial charge >= 0.3 is 0 Å². The number of nitrogens with one attached hydrogen (secondary N) is 2. The third-order valence-electron chi connectivity index (χ3n) is 6.37. The second kappa shape index (κ2) is 9.25. The van der Waals surface area contributed by atoms with E-state index in [1.54, 1.807) is 35.2 Å². The van der Waals surface area contributed by atoms with Crippen molar-refractivity contribution in [2.45, 2.75) is 19.5 Å². The minimum Gasteiger partial charge on any atom is -0.353 e. The predicted molar refractivity (Wildman–Crippen MR) is 137 cm³/mol. The van der Waals surface area contributed by atoms with E-state index in [1.165, 1.54) is 12.4 Å². The summed E-state index contributed by atoms with van der Waals surface area (Å²) in [4.78, 5) is 28.2. The molecule has 1 saturated heterocycles. The molecule has 1 atom stereocenters. The third-order valence-corrected chi connectivity index (χ3v) is 7.18. The third kappa shape index (κ3) is 4.27. The molecule has 0 radical (unpaired) electrons. The number of hydrogen-bond donors (Lipinski definition) is 2. The number of aromatic nitrogens is 5. The molecule has 6 rings (SSSR count). The number of carbonyl (C=O) groups excluding carboxylic acids is 1. The molecular weight excluding hydrogens is 479 g/mol. The van der Waals surface area contributed by atoms with E-state index in [2.05, 4.69) is 35.6 Å². The van der Waals surface area contributed by atoms with E-state index in [0.29, 0.717) is 48.9 Å². The maximum atomic E-state index is 14.1. The SMILES string of the molecule is Cc1ccc(-n2cc3c(N4CCNC(C(=O)NCc5ccc6scnc6c5)C4)ncnc3n2)cc1F. The van der Waals surface area contributed by atoms with Crippen LogP contribution in [0, 0.1) is 12.7 Å². The second-order valence-corrected chi connectivity index (χ2v) is 9.65. The van der Waals surface area contributed by atoms with Crippen molar-refractivity contribution in [3.05, 3.63) is 71.4 Å². The van der Waals surface area contributed by atoms with Crippen LogP contribution in [-0.4, -0.2) is 56.3 Å². The van der Waals surface area contributed by atoms with Crippen LogP contribution in [0.25, 0.3) is 26.9 Å². The smallest absolute Gasteiger partial charge is 0.239 e. The largest absolute Gasteiger partial charge is 0.353 e. The fraction of sp³-hybridized carbons (Fsp3) is 0.240. The zero-order valence-corrected chi connectivity index (χ0v) is 20.3. The van der Waals surface area contributed by atoms with Crippen molar-refractivity contribution in [1.82, 2.24) is 35.4 Å². The molecule has 0 saturated carbocycles. The molecule has 3 aromatic heterocycles. The first-order valence-corrected chi connectivity index (χ1v) is 12.5. The Bertz CT molecular complexity index is 1580. The van der Waals surface area contributed by atoms with Crippen molar-refractivity contribution < 1.29 is 9.18 Å². The van der Waals surface area contributed by atoms with Gasteiger partial charge in [-0.1, -0.05) is 12.1 Å². The Balaban J connectivity index is 1.19. The molecule has 1 fully saturated rings. The van der Waals surface area contributed by atoms with Gasteiger partial charge < -0.3 is 15.5 Å². The maximum absolute atomic E-state index is 14.1. The minimum atomic E-state index is -0.395. The Kier molecular flexibility index (Phi) is 5.78. The number of benzene rings is 2. The highest BCUT2D eigenvalue weighted by Gasteiger charge is 2.27. The predicted octanol–water partition coefficient (Wildman–Crippen LogP) is 2.97. The topological polar surface area (TPSA) is 101 Å². The molecule has 11 heteroatoms. The number of thiazole rings is 1. The highest BCUT2D eigenvalue weighted by Crippen LogP contribution is 2.25. The van der Waals surface area contributed by atoms with Crippen LogP contribution in [0.4, 0.5) is 10.2 Å². The number of fused-ring (bicyclic) bond motifs is 2. The number of rotatable bonds is 5. The lowest BCUT2D eigenvalue weighted by atomic mass is 10.1. The lowest BCUT2D eigenvalue weighted by Gasteiger charge is -2.33. The fourth-order valence-corrected chi connectivity index (χ4v) is 5.04. The van der Waals surface area contributed by atoms with Crippen molar-refractivity contribution in [2.75, 3.05) is 24.5 Å². The Labute approximate surface area is 210 Å². The molecule has 4 heterocycles. The van der Waals surface area contributed by atoms with E-state index in [4.69, 9.17) is 0 Å². The summed E-state index contributed by atoms with van der Waals surface area (Å²) in [6.45, 7) is 3.92. The number of carbonyl (C=O) groups is 1. The van der Waals surface area contributed by atoms with Gasteiger partial charge in [0, 0.05) is 32.4 Å². The van der Waals surface area contributed by atoms with E-state index in [0.717, 1.165) is 21.2 Å². The summed E-state index contributed by atoms with van der Waals surface area (Å²) < 4.78 is 16.8. The first-order valence-electron chi connectivity index (χ1n) is 11.6. The summed E-state index contributed by atoms with van der Waals surface area (Å²) in [6, 6.07) is 10.6. The average Bonchev–Trinajstić information content (AvgIpc) is 3.55. The molecule has 5 aromatic rings. The molecule has 0 bridgehead atoms. The summed E-state index contributed by atoms with van der Waals surface area (Å²) in [7, 11) is 0. The summed E-state index contributed by atoms with van der Waals surface area (Å²) in [6.07, 6.45) is 3.27. The molecule has 1 amide bonds. The van der Waals surface area contributed by atoms with Crippen LogP contribution in [0.3, 0.4) is 0 Å². The lowest BCUT2D eigenvalue weighted by Crippen LogP contribution is -2.57. The van der Waals surface area contributed by atoms with Gasteiger partial charge in [-0.2, -0.15) is 0 Å². The van der Waals surface area contributed by atoms with Gasteiger partial charge in [0.1, 0.15) is 24.0 Å². The molecule has 1 aliphatic heterocycles. The second-order valence-electron chi connectivity index (χ2n) is 8.77. The number of halogens is 1. The van der Waals surface area contributed by atoms with Gasteiger partial charge in [-0.05, 0) is 42.3 Å². The van der Waals surface area contributed by atoms with Gasteiger partial charge in [0.15, 0.2) is 5.65 Å². The number of hydrogen-bond acceptors (Lipinski definition) is 8. The summed E-state index contributed by atoms with van der Waals surface area (Å²) in [5, 5.41) is 11.6. The Morgan fingerprint density at radius 1 is 1.22 bits per heavy atom. The van der Waals surface area contributed by atoms with Crippen LogP contribution in [0.15, 0.2) is 54.4 Å². The van der Waals surface area contributed by atoms with Gasteiger partial charge in [0.25, 0.3) is 0 Å². The number of amides is 1. The standard InChI is InChI=1S/C25H23FN8OS/c1-15-2-4-17(9-19(15)26)34-11-18-23(32-34)29-13-30-24(18)33-7-6-27-21(12-33)25(35)28-10-16-3-5-22-20(8-16)31-14-36-22/h2-5,8-9,11,13-14,21,27H,6-7,10,12H2,1H3,(H,28,35). The molecule has 36 heavy (non-hydrogen) atoms. The number of aryl methyl sites for hydroxylation is 1. The van der Waals surface area contributed by atoms with Gasteiger partial charge in [0.05, 0.1) is 26.8 Å². The van der Waals surface area contributed by atoms with Crippen LogP contribution in [0.2, 0.25) is 0 Å². The van der Waals surface area contributed by atoms with Crippen LogP contribution < -0.4 is 15.5 Å². The van der Waals surface area contributed by atoms with E-state index < -0.39 is 6.04 Å². The number of piperazine rings is 1. The average molecular weight is 503 g/mol. The summed E-state index contributed by atoms with van der Waals surface area (Å²) in [5.41, 5.74) is 5.46. The molecule has 2 aromatic carbocycles. The van der Waals surface area contributed by atoms with Crippen LogP contribution in [-0.2, 0) is 11.3 Å². The zero-order valence-electron chi connectivity index (χ0n) is 19.5. The highest BCUT2D eigenvalue weighted by molar-refractivity contribution is 7.16. The van der Waals surface area contributed by atoms with Crippen molar-refractivity contribution in [3.63, 3.8) is 0 Å². The van der Waals surface area contributed by atoms with Gasteiger partial charge in [-0.3, -0.25) is 4.79 Å². The molecular formula is C25H23FN8OS. The molecule has 1 unspecified atom stereocenters. The van der Waals surface area contributed by atoms with E-state index >= 15 is 0 Å². The van der Waals surface area contributed by atoms with E-state index in [9.17, 15) is 9.18 Å². The van der Waals surface area contributed by atoms with Crippen molar-refractivity contribution >= 4 is 44.3 Å². The van der Waals surface area contributed by atoms with Crippen LogP contribution in [0.5, 0.6) is 0 Å². The fourth-order valence-electron chi connectivity index (χ4n) is 4.38. The van der Waals surface area contributed by atoms with E-state index in [1.807, 2.05) is 29.8 Å². The molecule has 182 valence electrons. The zero-order chi connectivity index (χ0) is 24.6. The normalized spacial score (nSPS) is 16.1. The molecule has 1 aliphatic rings. The van der Waals surface area contributed by atoms with Gasteiger partial charge in [-0.25, -0.2) is 24.0 Å². The van der Waals surface area contributed by atoms with Crippen molar-refractivity contribution in [1.29, 1.82) is 0 Å². The Morgan fingerprint density at radius 2 is 2.14 bits per heavy atom. The van der Waals surface area contributed by atoms with Crippen LogP contribution >= 0.6 is 11.3 Å². The Hall–Kier alpha value is -3.96. The van der Waals surface area contributed by atoms with Gasteiger partial charge in [-0.15, -0.1) is 16.4 Å². The summed E-state index contributed by atoms with van der Waals surface area (Å²) in [5.74, 6) is 0.335. The van der Waals surface area contributed by atoms with Crippen molar-refractivity contribution in [3.8, 4) is 5.69 Å². The molecule has 2 N–H and O–H groups in total. The quantitative estimate of drug-likeness (QED) is 0.381.